The Hall–Kier alpha value is -0.610. The molecular formula is C14H27NO3. The van der Waals surface area contributed by atoms with Crippen LogP contribution in [-0.4, -0.2) is 49.3 Å². The second kappa shape index (κ2) is 6.53. The third kappa shape index (κ3) is 4.94. The van der Waals surface area contributed by atoms with Gasteiger partial charge in [-0.1, -0.05) is 0 Å². The highest BCUT2D eigenvalue weighted by atomic mass is 16.6. The minimum atomic E-state index is -0.403. The molecular weight excluding hydrogens is 230 g/mol. The number of ether oxygens (including phenoxy) is 2. The predicted molar refractivity (Wildman–Crippen MR) is 71.5 cm³/mol. The third-order valence-electron chi connectivity index (χ3n) is 3.35. The molecule has 1 aliphatic rings. The molecule has 1 atom stereocenters. The van der Waals surface area contributed by atoms with Crippen molar-refractivity contribution in [2.75, 3.05) is 26.8 Å². The van der Waals surface area contributed by atoms with E-state index in [9.17, 15) is 4.79 Å². The van der Waals surface area contributed by atoms with Crippen molar-refractivity contribution >= 4 is 5.97 Å². The lowest BCUT2D eigenvalue weighted by Gasteiger charge is -2.35. The number of esters is 1. The van der Waals surface area contributed by atoms with Gasteiger partial charge in [0, 0.05) is 13.7 Å². The van der Waals surface area contributed by atoms with E-state index in [1.807, 2.05) is 27.7 Å². The topological polar surface area (TPSA) is 38.8 Å². The molecule has 106 valence electrons. The number of piperidine rings is 1. The Kier molecular flexibility index (Phi) is 5.60. The number of hydrogen-bond donors (Lipinski definition) is 0. The van der Waals surface area contributed by atoms with Crippen LogP contribution in [0.3, 0.4) is 0 Å². The molecule has 0 aromatic heterocycles. The summed E-state index contributed by atoms with van der Waals surface area (Å²) >= 11 is 0. The van der Waals surface area contributed by atoms with Crippen LogP contribution < -0.4 is 0 Å². The van der Waals surface area contributed by atoms with Crippen LogP contribution in [0.25, 0.3) is 0 Å². The molecule has 18 heavy (non-hydrogen) atoms. The maximum Gasteiger partial charge on any atom is 0.323 e. The third-order valence-corrected chi connectivity index (χ3v) is 3.35. The van der Waals surface area contributed by atoms with Crippen molar-refractivity contribution in [1.29, 1.82) is 0 Å². The van der Waals surface area contributed by atoms with Crippen molar-refractivity contribution in [1.82, 2.24) is 4.90 Å². The zero-order valence-electron chi connectivity index (χ0n) is 12.4. The van der Waals surface area contributed by atoms with Crippen molar-refractivity contribution in [2.24, 2.45) is 5.92 Å². The van der Waals surface area contributed by atoms with E-state index in [0.29, 0.717) is 5.92 Å². The Morgan fingerprint density at radius 2 is 1.89 bits per heavy atom. The Morgan fingerprint density at radius 1 is 1.33 bits per heavy atom. The van der Waals surface area contributed by atoms with E-state index in [1.54, 1.807) is 7.11 Å². The van der Waals surface area contributed by atoms with Crippen LogP contribution in [0.5, 0.6) is 0 Å². The first-order valence-electron chi connectivity index (χ1n) is 6.79. The molecule has 1 rings (SSSR count). The van der Waals surface area contributed by atoms with Crippen molar-refractivity contribution < 1.29 is 14.3 Å². The summed E-state index contributed by atoms with van der Waals surface area (Å²) in [6, 6.07) is -0.146. The summed E-state index contributed by atoms with van der Waals surface area (Å²) in [5, 5.41) is 0. The first-order valence-corrected chi connectivity index (χ1v) is 6.79. The van der Waals surface area contributed by atoms with Gasteiger partial charge in [-0.25, -0.2) is 0 Å². The Balaban J connectivity index is 2.40. The fourth-order valence-electron chi connectivity index (χ4n) is 2.28. The van der Waals surface area contributed by atoms with Gasteiger partial charge >= 0.3 is 5.97 Å². The highest BCUT2D eigenvalue weighted by Gasteiger charge is 2.29. The van der Waals surface area contributed by atoms with Crippen molar-refractivity contribution in [3.63, 3.8) is 0 Å². The SMILES string of the molecule is COCC1CCN(C(C)C(=O)OC(C)(C)C)CC1. The molecule has 1 saturated heterocycles. The van der Waals surface area contributed by atoms with Crippen LogP contribution in [0.1, 0.15) is 40.5 Å². The van der Waals surface area contributed by atoms with Crippen LogP contribution in [0.15, 0.2) is 0 Å². The molecule has 4 heteroatoms. The van der Waals surface area contributed by atoms with E-state index in [0.717, 1.165) is 32.5 Å². The lowest BCUT2D eigenvalue weighted by molar-refractivity contribution is -0.161. The second-order valence-corrected chi connectivity index (χ2v) is 6.14. The number of nitrogens with zero attached hydrogens (tertiary/aromatic N) is 1. The largest absolute Gasteiger partial charge is 0.459 e. The molecule has 0 N–H and O–H groups in total. The molecule has 0 bridgehead atoms. The quantitative estimate of drug-likeness (QED) is 0.723. The Labute approximate surface area is 111 Å². The van der Waals surface area contributed by atoms with Gasteiger partial charge in [-0.05, 0) is 59.5 Å². The van der Waals surface area contributed by atoms with Gasteiger partial charge in [0.05, 0.1) is 0 Å². The molecule has 0 saturated carbocycles. The number of likely N-dealkylation sites (tertiary alicyclic amines) is 1. The van der Waals surface area contributed by atoms with Gasteiger partial charge in [-0.3, -0.25) is 9.69 Å². The number of hydrogen-bond acceptors (Lipinski definition) is 4. The van der Waals surface area contributed by atoms with Gasteiger partial charge in [0.25, 0.3) is 0 Å². The highest BCUT2D eigenvalue weighted by Crippen LogP contribution is 2.20. The van der Waals surface area contributed by atoms with E-state index in [-0.39, 0.29) is 12.0 Å². The average Bonchev–Trinajstić information content (AvgIpc) is 2.27. The molecule has 1 heterocycles. The highest BCUT2D eigenvalue weighted by molar-refractivity contribution is 5.75. The lowest BCUT2D eigenvalue weighted by atomic mass is 9.97. The number of rotatable bonds is 4. The number of methoxy groups -OCH3 is 1. The van der Waals surface area contributed by atoms with Crippen LogP contribution in [0, 0.1) is 5.92 Å². The zero-order chi connectivity index (χ0) is 13.8. The van der Waals surface area contributed by atoms with Gasteiger partial charge < -0.3 is 9.47 Å². The fraction of sp³-hybridized carbons (Fsp3) is 0.929. The monoisotopic (exact) mass is 257 g/mol. The first-order chi connectivity index (χ1) is 8.33. The van der Waals surface area contributed by atoms with Crippen LogP contribution in [0.2, 0.25) is 0 Å². The molecule has 1 fully saturated rings. The van der Waals surface area contributed by atoms with Gasteiger partial charge in [-0.2, -0.15) is 0 Å². The molecule has 0 radical (unpaired) electrons. The van der Waals surface area contributed by atoms with E-state index < -0.39 is 5.60 Å². The van der Waals surface area contributed by atoms with E-state index >= 15 is 0 Å². The summed E-state index contributed by atoms with van der Waals surface area (Å²) in [4.78, 5) is 14.2. The predicted octanol–water partition coefficient (Wildman–Crippen LogP) is 2.07. The molecule has 1 aliphatic heterocycles. The van der Waals surface area contributed by atoms with Crippen LogP contribution >= 0.6 is 0 Å². The molecule has 0 aliphatic carbocycles. The molecule has 0 amide bonds. The maximum atomic E-state index is 12.0. The Morgan fingerprint density at radius 3 is 2.33 bits per heavy atom. The van der Waals surface area contributed by atoms with Gasteiger partial charge in [0.15, 0.2) is 0 Å². The van der Waals surface area contributed by atoms with Crippen LogP contribution in [0.4, 0.5) is 0 Å². The van der Waals surface area contributed by atoms with Crippen molar-refractivity contribution in [2.45, 2.75) is 52.2 Å². The van der Waals surface area contributed by atoms with Gasteiger partial charge in [0.1, 0.15) is 11.6 Å². The van der Waals surface area contributed by atoms with E-state index in [1.165, 1.54) is 0 Å². The van der Waals surface area contributed by atoms with E-state index in [4.69, 9.17) is 9.47 Å². The van der Waals surface area contributed by atoms with Crippen LogP contribution in [-0.2, 0) is 14.3 Å². The number of carbonyl (C=O) groups excluding carboxylic acids is 1. The zero-order valence-corrected chi connectivity index (χ0v) is 12.4. The fourth-order valence-corrected chi connectivity index (χ4v) is 2.28. The summed E-state index contributed by atoms with van der Waals surface area (Å²) in [5.41, 5.74) is -0.403. The molecule has 1 unspecified atom stereocenters. The first kappa shape index (κ1) is 15.4. The molecule has 0 aromatic rings. The summed E-state index contributed by atoms with van der Waals surface area (Å²) in [6.45, 7) is 10.4. The normalized spacial score (nSPS) is 20.7. The molecule has 0 aromatic carbocycles. The van der Waals surface area contributed by atoms with E-state index in [2.05, 4.69) is 4.90 Å². The van der Waals surface area contributed by atoms with Crippen molar-refractivity contribution in [3.8, 4) is 0 Å². The second-order valence-electron chi connectivity index (χ2n) is 6.14. The summed E-state index contributed by atoms with van der Waals surface area (Å²) < 4.78 is 10.6. The molecule has 4 nitrogen and oxygen atoms in total. The minimum absolute atomic E-state index is 0.118. The average molecular weight is 257 g/mol. The maximum absolute atomic E-state index is 12.0. The van der Waals surface area contributed by atoms with Gasteiger partial charge in [-0.15, -0.1) is 0 Å². The standard InChI is InChI=1S/C14H27NO3/c1-11(13(16)18-14(2,3)4)15-8-6-12(7-9-15)10-17-5/h11-12H,6-10H2,1-5H3. The summed E-state index contributed by atoms with van der Waals surface area (Å²) in [5.74, 6) is 0.518. The summed E-state index contributed by atoms with van der Waals surface area (Å²) in [6.07, 6.45) is 2.20. The summed E-state index contributed by atoms with van der Waals surface area (Å²) in [7, 11) is 1.75. The molecule has 0 spiro atoms. The smallest absolute Gasteiger partial charge is 0.323 e. The van der Waals surface area contributed by atoms with Crippen molar-refractivity contribution in [3.05, 3.63) is 0 Å². The number of carbonyl (C=O) groups is 1. The lowest BCUT2D eigenvalue weighted by Crippen LogP contribution is -2.46. The minimum Gasteiger partial charge on any atom is -0.459 e. The Bertz CT molecular complexity index is 265. The van der Waals surface area contributed by atoms with Gasteiger partial charge in [0.2, 0.25) is 0 Å².